The summed E-state index contributed by atoms with van der Waals surface area (Å²) in [7, 11) is 0. The summed E-state index contributed by atoms with van der Waals surface area (Å²) in [5.74, 6) is -1.78. The largest absolute Gasteiger partial charge is 0.355 e. The van der Waals surface area contributed by atoms with E-state index < -0.39 is 5.92 Å². The van der Waals surface area contributed by atoms with Crippen LogP contribution in [0.2, 0.25) is 0 Å². The second-order valence-corrected chi connectivity index (χ2v) is 7.31. The first-order valence-corrected chi connectivity index (χ1v) is 9.15. The minimum absolute atomic E-state index is 0.0338. The van der Waals surface area contributed by atoms with E-state index in [1.807, 2.05) is 23.7 Å². The molecule has 2 aromatic heterocycles. The molecule has 4 heterocycles. The van der Waals surface area contributed by atoms with Crippen molar-refractivity contribution in [1.82, 2.24) is 19.5 Å². The van der Waals surface area contributed by atoms with Crippen molar-refractivity contribution in [3.8, 4) is 0 Å². The first-order chi connectivity index (χ1) is 12.4. The molecule has 2 aliphatic rings. The third-order valence-electron chi connectivity index (χ3n) is 5.44. The molecular weight excluding hydrogens is 340 g/mol. The van der Waals surface area contributed by atoms with Gasteiger partial charge >= 0.3 is 0 Å². The quantitative estimate of drug-likeness (QED) is 0.823. The molecule has 4 rings (SSSR count). The van der Waals surface area contributed by atoms with Gasteiger partial charge in [-0.25, -0.2) is 18.3 Å². The predicted octanol–water partition coefficient (Wildman–Crippen LogP) is 2.51. The van der Waals surface area contributed by atoms with Crippen LogP contribution in [-0.2, 0) is 4.79 Å². The van der Waals surface area contributed by atoms with Crippen molar-refractivity contribution in [2.45, 2.75) is 38.5 Å². The zero-order valence-corrected chi connectivity index (χ0v) is 14.9. The first kappa shape index (κ1) is 17.2. The standard InChI is InChI=1S/C18H23F2N5O/c1-13-12-15-16(21-6-11-25(15)22-13)23-7-2-14(3-8-23)17(26)24-9-4-18(19,20)5-10-24/h6,11-12,14H,2-5,7-10H2,1H3. The molecule has 2 saturated heterocycles. The van der Waals surface area contributed by atoms with E-state index in [0.717, 1.165) is 43.0 Å². The number of aryl methyl sites for hydroxylation is 1. The average molecular weight is 363 g/mol. The molecule has 0 N–H and O–H groups in total. The number of piperidine rings is 2. The van der Waals surface area contributed by atoms with Crippen LogP contribution in [0.4, 0.5) is 14.6 Å². The predicted molar refractivity (Wildman–Crippen MR) is 93.4 cm³/mol. The normalized spacial score (nSPS) is 21.3. The molecule has 0 spiro atoms. The van der Waals surface area contributed by atoms with E-state index in [9.17, 15) is 13.6 Å². The van der Waals surface area contributed by atoms with Crippen LogP contribution in [0.1, 0.15) is 31.4 Å². The van der Waals surface area contributed by atoms with Crippen LogP contribution in [0.3, 0.4) is 0 Å². The molecule has 8 heteroatoms. The van der Waals surface area contributed by atoms with E-state index in [1.165, 1.54) is 0 Å². The minimum atomic E-state index is -2.62. The van der Waals surface area contributed by atoms with Crippen LogP contribution >= 0.6 is 0 Å². The Balaban J connectivity index is 1.40. The van der Waals surface area contributed by atoms with Gasteiger partial charge in [0.25, 0.3) is 5.92 Å². The lowest BCUT2D eigenvalue weighted by Gasteiger charge is -2.37. The van der Waals surface area contributed by atoms with Crippen LogP contribution < -0.4 is 4.90 Å². The first-order valence-electron chi connectivity index (χ1n) is 9.15. The number of likely N-dealkylation sites (tertiary alicyclic amines) is 1. The Labute approximate surface area is 150 Å². The van der Waals surface area contributed by atoms with Crippen molar-refractivity contribution in [1.29, 1.82) is 0 Å². The van der Waals surface area contributed by atoms with Crippen molar-refractivity contribution in [2.75, 3.05) is 31.1 Å². The van der Waals surface area contributed by atoms with E-state index in [-0.39, 0.29) is 37.8 Å². The molecule has 0 aromatic carbocycles. The number of hydrogen-bond acceptors (Lipinski definition) is 4. The maximum absolute atomic E-state index is 13.3. The molecule has 0 atom stereocenters. The Bertz CT molecular complexity index is 803. The van der Waals surface area contributed by atoms with Gasteiger partial charge < -0.3 is 9.80 Å². The molecule has 6 nitrogen and oxygen atoms in total. The molecule has 2 fully saturated rings. The fourth-order valence-corrected chi connectivity index (χ4v) is 3.92. The van der Waals surface area contributed by atoms with Crippen LogP contribution in [-0.4, -0.2) is 57.5 Å². The van der Waals surface area contributed by atoms with Crippen LogP contribution in [0.5, 0.6) is 0 Å². The summed E-state index contributed by atoms with van der Waals surface area (Å²) in [6.45, 7) is 3.75. The van der Waals surface area contributed by atoms with Crippen molar-refractivity contribution < 1.29 is 13.6 Å². The summed E-state index contributed by atoms with van der Waals surface area (Å²) < 4.78 is 28.4. The molecule has 0 unspecified atom stereocenters. The van der Waals surface area contributed by atoms with Gasteiger partial charge in [-0.2, -0.15) is 5.10 Å². The lowest BCUT2D eigenvalue weighted by Crippen LogP contribution is -2.47. The number of amides is 1. The molecule has 0 aliphatic carbocycles. The number of rotatable bonds is 2. The monoisotopic (exact) mass is 363 g/mol. The van der Waals surface area contributed by atoms with Gasteiger partial charge in [0.2, 0.25) is 5.91 Å². The summed E-state index contributed by atoms with van der Waals surface area (Å²) in [6.07, 6.45) is 4.57. The van der Waals surface area contributed by atoms with Crippen molar-refractivity contribution >= 4 is 17.2 Å². The van der Waals surface area contributed by atoms with Crippen LogP contribution in [0.25, 0.3) is 5.52 Å². The number of aromatic nitrogens is 3. The van der Waals surface area contributed by atoms with Gasteiger partial charge in [-0.1, -0.05) is 0 Å². The number of carbonyl (C=O) groups is 1. The van der Waals surface area contributed by atoms with Gasteiger partial charge in [0.15, 0.2) is 5.82 Å². The number of nitrogens with zero attached hydrogens (tertiary/aromatic N) is 5. The number of hydrogen-bond donors (Lipinski definition) is 0. The Kier molecular flexibility index (Phi) is 4.28. The molecule has 0 bridgehead atoms. The van der Waals surface area contributed by atoms with E-state index in [2.05, 4.69) is 15.0 Å². The van der Waals surface area contributed by atoms with Crippen molar-refractivity contribution in [3.05, 3.63) is 24.2 Å². The van der Waals surface area contributed by atoms with Crippen molar-refractivity contribution in [2.24, 2.45) is 5.92 Å². The summed E-state index contributed by atoms with van der Waals surface area (Å²) in [5, 5.41) is 4.41. The highest BCUT2D eigenvalue weighted by Crippen LogP contribution is 2.31. The Morgan fingerprint density at radius 3 is 2.58 bits per heavy atom. The van der Waals surface area contributed by atoms with E-state index >= 15 is 0 Å². The smallest absolute Gasteiger partial charge is 0.251 e. The maximum atomic E-state index is 13.3. The molecule has 2 aliphatic heterocycles. The average Bonchev–Trinajstić information content (AvgIpc) is 3.01. The molecule has 26 heavy (non-hydrogen) atoms. The van der Waals surface area contributed by atoms with E-state index in [4.69, 9.17) is 0 Å². The Morgan fingerprint density at radius 1 is 1.19 bits per heavy atom. The third-order valence-corrected chi connectivity index (χ3v) is 5.44. The van der Waals surface area contributed by atoms with E-state index in [0.29, 0.717) is 0 Å². The van der Waals surface area contributed by atoms with Gasteiger partial charge in [-0.3, -0.25) is 4.79 Å². The zero-order valence-electron chi connectivity index (χ0n) is 14.9. The zero-order chi connectivity index (χ0) is 18.3. The highest BCUT2D eigenvalue weighted by molar-refractivity contribution is 5.79. The highest BCUT2D eigenvalue weighted by atomic mass is 19.3. The SMILES string of the molecule is Cc1cc2c(N3CCC(C(=O)N4CCC(F)(F)CC4)CC3)nccn2n1. The number of carbonyl (C=O) groups excluding carboxylic acids is 1. The maximum Gasteiger partial charge on any atom is 0.251 e. The van der Waals surface area contributed by atoms with Gasteiger partial charge in [-0.15, -0.1) is 0 Å². The van der Waals surface area contributed by atoms with Gasteiger partial charge in [-0.05, 0) is 25.8 Å². The number of fused-ring (bicyclic) bond motifs is 1. The lowest BCUT2D eigenvalue weighted by molar-refractivity contribution is -0.142. The van der Waals surface area contributed by atoms with E-state index in [1.54, 1.807) is 11.1 Å². The summed E-state index contributed by atoms with van der Waals surface area (Å²) in [5.41, 5.74) is 1.90. The molecule has 0 saturated carbocycles. The second-order valence-electron chi connectivity index (χ2n) is 7.31. The summed E-state index contributed by atoms with van der Waals surface area (Å²) in [4.78, 5) is 21.0. The summed E-state index contributed by atoms with van der Waals surface area (Å²) in [6, 6.07) is 2.01. The second kappa shape index (κ2) is 6.48. The number of alkyl halides is 2. The molecule has 0 radical (unpaired) electrons. The number of anilines is 1. The van der Waals surface area contributed by atoms with Gasteiger partial charge in [0, 0.05) is 57.3 Å². The minimum Gasteiger partial charge on any atom is -0.355 e. The molecule has 1 amide bonds. The Hall–Kier alpha value is -2.25. The van der Waals surface area contributed by atoms with Crippen molar-refractivity contribution in [3.63, 3.8) is 0 Å². The molecule has 140 valence electrons. The number of halogens is 2. The molecule has 2 aromatic rings. The lowest BCUT2D eigenvalue weighted by atomic mass is 9.94. The fraction of sp³-hybridized carbons (Fsp3) is 0.611. The fourth-order valence-electron chi connectivity index (χ4n) is 3.92. The third kappa shape index (κ3) is 3.24. The summed E-state index contributed by atoms with van der Waals surface area (Å²) >= 11 is 0. The van der Waals surface area contributed by atoms with Crippen LogP contribution in [0.15, 0.2) is 18.5 Å². The topological polar surface area (TPSA) is 53.7 Å². The van der Waals surface area contributed by atoms with Gasteiger partial charge in [0.1, 0.15) is 5.52 Å². The van der Waals surface area contributed by atoms with Crippen LogP contribution in [0, 0.1) is 12.8 Å². The Morgan fingerprint density at radius 2 is 1.88 bits per heavy atom. The highest BCUT2D eigenvalue weighted by Gasteiger charge is 2.38. The molecular formula is C18H23F2N5O. The van der Waals surface area contributed by atoms with Gasteiger partial charge in [0.05, 0.1) is 5.69 Å².